The highest BCUT2D eigenvalue weighted by atomic mass is 19.1. The maximum Gasteiger partial charge on any atom is 0.112 e. The van der Waals surface area contributed by atoms with Gasteiger partial charge >= 0.3 is 0 Å². The van der Waals surface area contributed by atoms with Gasteiger partial charge in [-0.2, -0.15) is 0 Å². The molecule has 0 rings (SSSR count). The fourth-order valence-corrected chi connectivity index (χ4v) is 0.0423. The molecule has 0 aromatic carbocycles. The molecule has 0 bridgehead atoms. The van der Waals surface area contributed by atoms with Gasteiger partial charge in [0, 0.05) is 0 Å². The number of halogens is 1. The van der Waals surface area contributed by atoms with Crippen LogP contribution in [0.2, 0.25) is 0 Å². The molecule has 2 heteroatoms. The lowest BCUT2D eigenvalue weighted by Gasteiger charge is -1.85. The highest BCUT2D eigenvalue weighted by Gasteiger charge is 1.82. The van der Waals surface area contributed by atoms with E-state index >= 15 is 0 Å². The Labute approximate surface area is 36.1 Å². The number of hydrogen-bond donors (Lipinski definition) is 1. The summed E-state index contributed by atoms with van der Waals surface area (Å²) in [6, 6.07) is 0. The fraction of sp³-hybridized carbons (Fsp3) is 0.500. The van der Waals surface area contributed by atoms with Crippen LogP contribution in [0.5, 0.6) is 0 Å². The van der Waals surface area contributed by atoms with Crippen LogP contribution in [0.3, 0.4) is 0 Å². The van der Waals surface area contributed by atoms with Crippen LogP contribution in [0.25, 0.3) is 0 Å². The van der Waals surface area contributed by atoms with Crippen LogP contribution in [0.1, 0.15) is 0 Å². The molecule has 0 aromatic rings. The minimum absolute atomic E-state index is 0.231. The van der Waals surface area contributed by atoms with E-state index in [4.69, 9.17) is 5.11 Å². The highest BCUT2D eigenvalue weighted by Crippen LogP contribution is 1.84. The van der Waals surface area contributed by atoms with Crippen LogP contribution in [0.4, 0.5) is 4.39 Å². The first-order valence-corrected chi connectivity index (χ1v) is 1.64. The maximum atomic E-state index is 11.1. The van der Waals surface area contributed by atoms with Crippen molar-refractivity contribution >= 4 is 0 Å². The minimum Gasteiger partial charge on any atom is -0.392 e. The van der Waals surface area contributed by atoms with Gasteiger partial charge in [-0.1, -0.05) is 6.58 Å². The van der Waals surface area contributed by atoms with Crippen LogP contribution in [-0.4, -0.2) is 18.4 Å². The summed E-state index contributed by atoms with van der Waals surface area (Å²) in [5.74, 6) is 0. The molecule has 0 heterocycles. The SMILES string of the molecule is C=C(CO)CF. The van der Waals surface area contributed by atoms with Crippen LogP contribution in [0, 0.1) is 0 Å². The summed E-state index contributed by atoms with van der Waals surface area (Å²) < 4.78 is 11.1. The van der Waals surface area contributed by atoms with Crippen LogP contribution in [-0.2, 0) is 0 Å². The van der Waals surface area contributed by atoms with Crippen LogP contribution < -0.4 is 0 Å². The number of aliphatic hydroxyl groups excluding tert-OH is 1. The van der Waals surface area contributed by atoms with E-state index in [9.17, 15) is 4.39 Å². The van der Waals surface area contributed by atoms with Crippen molar-refractivity contribution in [2.24, 2.45) is 0 Å². The van der Waals surface area contributed by atoms with E-state index in [1.54, 1.807) is 0 Å². The monoisotopic (exact) mass is 90.0 g/mol. The quantitative estimate of drug-likeness (QED) is 0.489. The second kappa shape index (κ2) is 2.85. The van der Waals surface area contributed by atoms with E-state index in [0.29, 0.717) is 0 Å². The summed E-state index contributed by atoms with van der Waals surface area (Å²) in [5, 5.41) is 8.00. The van der Waals surface area contributed by atoms with Crippen molar-refractivity contribution in [1.29, 1.82) is 0 Å². The first-order valence-electron chi connectivity index (χ1n) is 1.64. The van der Waals surface area contributed by atoms with Crippen molar-refractivity contribution in [2.75, 3.05) is 13.3 Å². The van der Waals surface area contributed by atoms with Gasteiger partial charge in [0.2, 0.25) is 0 Å². The zero-order chi connectivity index (χ0) is 4.99. The van der Waals surface area contributed by atoms with Gasteiger partial charge in [0.05, 0.1) is 6.61 Å². The first kappa shape index (κ1) is 5.63. The van der Waals surface area contributed by atoms with Crippen molar-refractivity contribution in [2.45, 2.75) is 0 Å². The third-order valence-corrected chi connectivity index (χ3v) is 0.413. The molecule has 0 aliphatic heterocycles. The first-order chi connectivity index (χ1) is 2.81. The molecule has 6 heavy (non-hydrogen) atoms. The Kier molecular flexibility index (Phi) is 2.67. The second-order valence-electron chi connectivity index (χ2n) is 1.04. The van der Waals surface area contributed by atoms with Crippen LogP contribution in [0.15, 0.2) is 12.2 Å². The fourth-order valence-electron chi connectivity index (χ4n) is 0.0423. The summed E-state index contributed by atoms with van der Waals surface area (Å²) in [5.41, 5.74) is 0.231. The molecule has 1 nitrogen and oxygen atoms in total. The summed E-state index contributed by atoms with van der Waals surface area (Å²) in [4.78, 5) is 0. The molecule has 0 aromatic heterocycles. The van der Waals surface area contributed by atoms with E-state index in [2.05, 4.69) is 6.58 Å². The third kappa shape index (κ3) is 1.91. The minimum atomic E-state index is -0.615. The molecule has 0 unspecified atom stereocenters. The molecule has 0 aliphatic carbocycles. The molecule has 0 aliphatic rings. The summed E-state index contributed by atoms with van der Waals surface area (Å²) >= 11 is 0. The van der Waals surface area contributed by atoms with Gasteiger partial charge in [0.15, 0.2) is 0 Å². The zero-order valence-corrected chi connectivity index (χ0v) is 3.45. The van der Waals surface area contributed by atoms with Crippen molar-refractivity contribution in [3.63, 3.8) is 0 Å². The van der Waals surface area contributed by atoms with Gasteiger partial charge in [-0.15, -0.1) is 0 Å². The predicted octanol–water partition coefficient (Wildman–Crippen LogP) is 0.504. The molecule has 0 amide bonds. The molecule has 0 saturated carbocycles. The molecule has 1 N–H and O–H groups in total. The summed E-state index contributed by atoms with van der Waals surface area (Å²) in [6.45, 7) is 2.31. The van der Waals surface area contributed by atoms with Gasteiger partial charge in [-0.25, -0.2) is 4.39 Å². The molecule has 0 fully saturated rings. The largest absolute Gasteiger partial charge is 0.392 e. The zero-order valence-electron chi connectivity index (χ0n) is 3.45. The number of aliphatic hydroxyl groups is 1. The van der Waals surface area contributed by atoms with Crippen molar-refractivity contribution in [3.05, 3.63) is 12.2 Å². The molecule has 0 radical (unpaired) electrons. The Balaban J connectivity index is 2.99. The van der Waals surface area contributed by atoms with E-state index in [0.717, 1.165) is 0 Å². The second-order valence-corrected chi connectivity index (χ2v) is 1.04. The Morgan fingerprint density at radius 2 is 2.33 bits per heavy atom. The van der Waals surface area contributed by atoms with Crippen molar-refractivity contribution in [3.8, 4) is 0 Å². The molecule has 0 atom stereocenters. The standard InChI is InChI=1S/C4H7FO/c1-4(2-5)3-6/h6H,1-3H2. The van der Waals surface area contributed by atoms with Gasteiger partial charge in [-0.3, -0.25) is 0 Å². The number of hydrogen-bond acceptors (Lipinski definition) is 1. The van der Waals surface area contributed by atoms with Gasteiger partial charge in [-0.05, 0) is 5.57 Å². The predicted molar refractivity (Wildman–Crippen MR) is 22.2 cm³/mol. The smallest absolute Gasteiger partial charge is 0.112 e. The lowest BCUT2D eigenvalue weighted by molar-refractivity contribution is 0.318. The maximum absolute atomic E-state index is 11.1. The molecule has 36 valence electrons. The Hall–Kier alpha value is -0.370. The van der Waals surface area contributed by atoms with E-state index in [1.165, 1.54) is 0 Å². The molecular formula is C4H7FO. The Morgan fingerprint density at radius 1 is 1.83 bits per heavy atom. The van der Waals surface area contributed by atoms with Gasteiger partial charge in [0.25, 0.3) is 0 Å². The number of alkyl halides is 1. The third-order valence-electron chi connectivity index (χ3n) is 0.413. The summed E-state index contributed by atoms with van der Waals surface area (Å²) in [6.07, 6.45) is 0. The Bertz CT molecular complexity index is 45.5. The van der Waals surface area contributed by atoms with E-state index in [-0.39, 0.29) is 12.2 Å². The van der Waals surface area contributed by atoms with Crippen molar-refractivity contribution < 1.29 is 9.50 Å². The average Bonchev–Trinajstić information content (AvgIpc) is 1.65. The lowest BCUT2D eigenvalue weighted by atomic mass is 10.4. The van der Waals surface area contributed by atoms with Crippen LogP contribution >= 0.6 is 0 Å². The average molecular weight is 90.1 g/mol. The number of rotatable bonds is 2. The van der Waals surface area contributed by atoms with E-state index in [1.807, 2.05) is 0 Å². The van der Waals surface area contributed by atoms with E-state index < -0.39 is 6.67 Å². The lowest BCUT2D eigenvalue weighted by Crippen LogP contribution is -1.87. The molecule has 0 spiro atoms. The van der Waals surface area contributed by atoms with Crippen molar-refractivity contribution in [1.82, 2.24) is 0 Å². The normalized spacial score (nSPS) is 8.33. The summed E-state index contributed by atoms with van der Waals surface area (Å²) in [7, 11) is 0. The highest BCUT2D eigenvalue weighted by molar-refractivity contribution is 4.92. The molecular weight excluding hydrogens is 83.0 g/mol. The Morgan fingerprint density at radius 3 is 2.33 bits per heavy atom. The molecule has 0 saturated heterocycles. The topological polar surface area (TPSA) is 20.2 Å². The van der Waals surface area contributed by atoms with Gasteiger partial charge in [0.1, 0.15) is 6.67 Å². The van der Waals surface area contributed by atoms with Gasteiger partial charge < -0.3 is 5.11 Å².